The van der Waals surface area contributed by atoms with Crippen LogP contribution in [-0.4, -0.2) is 59.0 Å². The number of hydrogen-bond donors (Lipinski definition) is 1. The van der Waals surface area contributed by atoms with Crippen LogP contribution in [0.5, 0.6) is 0 Å². The minimum absolute atomic E-state index is 0.311. The van der Waals surface area contributed by atoms with Crippen molar-refractivity contribution in [3.63, 3.8) is 0 Å². The molecule has 4 aliphatic carbocycles. The third-order valence-corrected chi connectivity index (χ3v) is 9.11. The number of hydrogen-bond acceptors (Lipinski definition) is 5. The van der Waals surface area contributed by atoms with Crippen LogP contribution in [0, 0.1) is 29.1 Å². The van der Waals surface area contributed by atoms with Crippen molar-refractivity contribution in [2.75, 3.05) is 14.1 Å². The molecule has 2 bridgehead atoms. The lowest BCUT2D eigenvalue weighted by Gasteiger charge is -2.61. The van der Waals surface area contributed by atoms with Gasteiger partial charge >= 0.3 is 0 Å². The van der Waals surface area contributed by atoms with Gasteiger partial charge in [0, 0.05) is 25.1 Å². The third-order valence-electron chi connectivity index (χ3n) is 9.11. The summed E-state index contributed by atoms with van der Waals surface area (Å²) in [6.07, 6.45) is 5.86. The van der Waals surface area contributed by atoms with Gasteiger partial charge in [0.15, 0.2) is 0 Å². The van der Waals surface area contributed by atoms with Crippen LogP contribution in [0.15, 0.2) is 42.0 Å². The van der Waals surface area contributed by atoms with Gasteiger partial charge in [-0.1, -0.05) is 42.7 Å². The molecule has 0 aromatic heterocycles. The first-order valence-electron chi connectivity index (χ1n) is 12.0. The Hall–Kier alpha value is -3.29. The average Bonchev–Trinajstić information content (AvgIpc) is 3.11. The van der Waals surface area contributed by atoms with Crippen LogP contribution in [0.3, 0.4) is 0 Å². The van der Waals surface area contributed by atoms with Gasteiger partial charge in [0.05, 0.1) is 29.2 Å². The van der Waals surface area contributed by atoms with E-state index >= 15 is 0 Å². The van der Waals surface area contributed by atoms with Gasteiger partial charge in [-0.2, -0.15) is 0 Å². The van der Waals surface area contributed by atoms with Gasteiger partial charge < -0.3 is 5.32 Å². The van der Waals surface area contributed by atoms with Crippen molar-refractivity contribution in [1.29, 1.82) is 0 Å². The molecule has 1 spiro atoms. The Bertz CT molecular complexity index is 1140. The molecular weight excluding hydrogens is 434 g/mol. The highest BCUT2D eigenvalue weighted by Gasteiger charge is 2.80. The Morgan fingerprint density at radius 1 is 0.824 bits per heavy atom. The van der Waals surface area contributed by atoms with Crippen LogP contribution in [0.2, 0.25) is 0 Å². The predicted octanol–water partition coefficient (Wildman–Crippen LogP) is 1.52. The van der Waals surface area contributed by atoms with E-state index in [-0.39, 0.29) is 11.8 Å². The van der Waals surface area contributed by atoms with Crippen molar-refractivity contribution in [1.82, 2.24) is 15.1 Å². The number of imide groups is 2. The summed E-state index contributed by atoms with van der Waals surface area (Å²) in [7, 11) is 2.93. The Kier molecular flexibility index (Phi) is 4.29. The van der Waals surface area contributed by atoms with Crippen LogP contribution in [0.1, 0.15) is 42.5 Å². The molecule has 8 heteroatoms. The summed E-state index contributed by atoms with van der Waals surface area (Å²) < 4.78 is 0. The summed E-state index contributed by atoms with van der Waals surface area (Å²) in [5.41, 5.74) is -0.950. The molecule has 1 aromatic carbocycles. The molecule has 34 heavy (non-hydrogen) atoms. The summed E-state index contributed by atoms with van der Waals surface area (Å²) in [5.74, 6) is -5.18. The van der Waals surface area contributed by atoms with E-state index in [1.54, 1.807) is 30.3 Å². The maximum atomic E-state index is 13.6. The fraction of sp³-hybridized carbons (Fsp3) is 0.500. The van der Waals surface area contributed by atoms with Crippen LogP contribution in [0.25, 0.3) is 0 Å². The van der Waals surface area contributed by atoms with Crippen molar-refractivity contribution >= 4 is 29.5 Å². The molecule has 1 aromatic rings. The third kappa shape index (κ3) is 2.31. The van der Waals surface area contributed by atoms with Gasteiger partial charge in [0.1, 0.15) is 0 Å². The highest BCUT2D eigenvalue weighted by atomic mass is 16.2. The van der Waals surface area contributed by atoms with Crippen molar-refractivity contribution in [3.05, 3.63) is 47.5 Å². The number of nitrogens with zero attached hydrogens (tertiary/aromatic N) is 2. The molecule has 2 saturated heterocycles. The minimum atomic E-state index is -1.43. The second-order valence-electron chi connectivity index (χ2n) is 10.4. The Morgan fingerprint density at radius 3 is 1.97 bits per heavy atom. The number of benzene rings is 1. The molecule has 6 aliphatic rings. The summed E-state index contributed by atoms with van der Waals surface area (Å²) in [6.45, 7) is 0. The average molecular weight is 462 g/mol. The van der Waals surface area contributed by atoms with Crippen molar-refractivity contribution < 1.29 is 24.0 Å². The molecule has 6 atom stereocenters. The lowest BCUT2D eigenvalue weighted by Crippen LogP contribution is -2.73. The maximum absolute atomic E-state index is 13.6. The Balaban J connectivity index is 1.63. The molecule has 2 unspecified atom stereocenters. The molecule has 1 N–H and O–H groups in total. The first-order chi connectivity index (χ1) is 16.3. The number of carbonyl (C=O) groups excluding carboxylic acids is 5. The summed E-state index contributed by atoms with van der Waals surface area (Å²) in [4.78, 5) is 70.2. The van der Waals surface area contributed by atoms with E-state index in [0.29, 0.717) is 18.4 Å². The molecule has 4 fully saturated rings. The number of rotatable bonds is 2. The summed E-state index contributed by atoms with van der Waals surface area (Å²) in [6, 6.07) is 8.61. The van der Waals surface area contributed by atoms with E-state index in [1.807, 2.05) is 6.08 Å². The van der Waals surface area contributed by atoms with Gasteiger partial charge in [-0.15, -0.1) is 0 Å². The second-order valence-corrected chi connectivity index (χ2v) is 10.4. The van der Waals surface area contributed by atoms with Gasteiger partial charge in [0.25, 0.3) is 5.91 Å². The fourth-order valence-corrected chi connectivity index (χ4v) is 7.74. The second kappa shape index (κ2) is 6.87. The fourth-order valence-electron chi connectivity index (χ4n) is 7.74. The zero-order chi connectivity index (χ0) is 24.0. The zero-order valence-corrected chi connectivity index (χ0v) is 19.2. The normalized spacial score (nSPS) is 38.4. The predicted molar refractivity (Wildman–Crippen MR) is 120 cm³/mol. The molecule has 2 aliphatic heterocycles. The van der Waals surface area contributed by atoms with E-state index < -0.39 is 52.3 Å². The molecule has 0 radical (unpaired) electrons. The largest absolute Gasteiger partial charge is 0.341 e. The highest BCUT2D eigenvalue weighted by molar-refractivity contribution is 6.13. The zero-order valence-electron chi connectivity index (χ0n) is 19.2. The molecule has 5 amide bonds. The number of allylic oxidation sites excluding steroid dienone is 1. The summed E-state index contributed by atoms with van der Waals surface area (Å²) >= 11 is 0. The topological polar surface area (TPSA) is 104 Å². The van der Waals surface area contributed by atoms with Gasteiger partial charge in [-0.3, -0.25) is 33.8 Å². The van der Waals surface area contributed by atoms with Crippen molar-refractivity contribution in [3.8, 4) is 0 Å². The summed E-state index contributed by atoms with van der Waals surface area (Å²) in [5, 5.41) is 3.06. The minimum Gasteiger partial charge on any atom is -0.341 e. The number of carbonyl (C=O) groups is 5. The lowest BCUT2D eigenvalue weighted by atomic mass is 9.40. The van der Waals surface area contributed by atoms with Gasteiger partial charge in [-0.05, 0) is 31.4 Å². The number of nitrogens with one attached hydrogen (secondary N) is 1. The molecule has 2 saturated carbocycles. The van der Waals surface area contributed by atoms with Crippen LogP contribution in [-0.2, 0) is 19.2 Å². The van der Waals surface area contributed by atoms with Crippen LogP contribution < -0.4 is 5.32 Å². The SMILES string of the molecule is CN1C(=O)[C@@H]2[C@H](C1=O)C1(NC(=O)c3ccccc3)C=C3CCCCCC32[C@H]2C(=O)N(C)C(=O)[C@H]21. The molecule has 2 heterocycles. The Morgan fingerprint density at radius 2 is 1.38 bits per heavy atom. The monoisotopic (exact) mass is 461 g/mol. The van der Waals surface area contributed by atoms with Crippen molar-refractivity contribution in [2.24, 2.45) is 29.1 Å². The first-order valence-corrected chi connectivity index (χ1v) is 12.0. The van der Waals surface area contributed by atoms with E-state index in [2.05, 4.69) is 5.32 Å². The molecule has 7 rings (SSSR count). The molecule has 176 valence electrons. The Labute approximate surface area is 197 Å². The first kappa shape index (κ1) is 21.3. The molecule has 8 nitrogen and oxygen atoms in total. The number of amides is 5. The maximum Gasteiger partial charge on any atom is 0.252 e. The van der Waals surface area contributed by atoms with E-state index in [4.69, 9.17) is 0 Å². The van der Waals surface area contributed by atoms with E-state index in [9.17, 15) is 24.0 Å². The number of likely N-dealkylation sites (tertiary alicyclic amines) is 2. The van der Waals surface area contributed by atoms with E-state index in [1.165, 1.54) is 14.1 Å². The van der Waals surface area contributed by atoms with Crippen LogP contribution in [0.4, 0.5) is 0 Å². The lowest BCUT2D eigenvalue weighted by molar-refractivity contribution is -0.154. The van der Waals surface area contributed by atoms with Gasteiger partial charge in [0.2, 0.25) is 23.6 Å². The van der Waals surface area contributed by atoms with Gasteiger partial charge in [-0.25, -0.2) is 0 Å². The standard InChI is InChI=1S/C26H27N3O5/c1-28-21(31)16-18(23(28)33)26(27-20(30)14-9-5-3-6-10-14)13-15-11-7-4-8-12-25(15,16)17-19(26)24(34)29(2)22(17)32/h3,5-6,9-10,13,16-19H,4,7-8,11-12H2,1-2H3,(H,27,30)/t16-,17+,18+,19-,25?,26?. The van der Waals surface area contributed by atoms with Crippen molar-refractivity contribution in [2.45, 2.75) is 37.6 Å². The quantitative estimate of drug-likeness (QED) is 0.531. The highest BCUT2D eigenvalue weighted by Crippen LogP contribution is 2.70. The van der Waals surface area contributed by atoms with E-state index in [0.717, 1.165) is 34.6 Å². The molecular formula is C26H27N3O5. The van der Waals surface area contributed by atoms with Crippen LogP contribution >= 0.6 is 0 Å². The smallest absolute Gasteiger partial charge is 0.252 e.